The van der Waals surface area contributed by atoms with Crippen LogP contribution in [0.1, 0.15) is 50.6 Å². The average molecular weight is 363 g/mol. The van der Waals surface area contributed by atoms with E-state index in [0.29, 0.717) is 0 Å². The molecular formula is C24H26OS. The van der Waals surface area contributed by atoms with Gasteiger partial charge in [0.25, 0.3) is 0 Å². The summed E-state index contributed by atoms with van der Waals surface area (Å²) >= 11 is 1.84. The minimum atomic E-state index is 0.135. The predicted octanol–water partition coefficient (Wildman–Crippen LogP) is 7.47. The maximum Gasteiger partial charge on any atom is 0.135 e. The molecule has 2 heterocycles. The quantitative estimate of drug-likeness (QED) is 0.368. The third kappa shape index (κ3) is 3.07. The summed E-state index contributed by atoms with van der Waals surface area (Å²) in [6.07, 6.45) is 1.02. The molecule has 0 atom stereocenters. The van der Waals surface area contributed by atoms with Crippen molar-refractivity contribution in [1.82, 2.24) is 0 Å². The topological polar surface area (TPSA) is 13.1 Å². The van der Waals surface area contributed by atoms with Gasteiger partial charge in [0.2, 0.25) is 0 Å². The Morgan fingerprint density at radius 3 is 2.19 bits per heavy atom. The van der Waals surface area contributed by atoms with Crippen molar-refractivity contribution in [3.8, 4) is 0 Å². The summed E-state index contributed by atoms with van der Waals surface area (Å²) in [6.45, 7) is 11.4. The van der Waals surface area contributed by atoms with Crippen molar-refractivity contribution < 1.29 is 4.42 Å². The zero-order chi connectivity index (χ0) is 18.5. The minimum absolute atomic E-state index is 0.135. The van der Waals surface area contributed by atoms with Gasteiger partial charge in [-0.05, 0) is 58.7 Å². The molecule has 2 aromatic carbocycles. The van der Waals surface area contributed by atoms with E-state index >= 15 is 0 Å². The van der Waals surface area contributed by atoms with Crippen LogP contribution in [0.25, 0.3) is 21.9 Å². The molecule has 0 fully saturated rings. The van der Waals surface area contributed by atoms with E-state index in [1.54, 1.807) is 0 Å². The molecule has 0 saturated heterocycles. The average Bonchev–Trinajstić information content (AvgIpc) is 3.21. The monoisotopic (exact) mass is 362 g/mol. The Balaban J connectivity index is 1.79. The molecule has 2 aromatic heterocycles. The van der Waals surface area contributed by atoms with Crippen molar-refractivity contribution in [2.45, 2.75) is 51.9 Å². The number of furan rings is 1. The second-order valence-corrected chi connectivity index (χ2v) is 9.88. The van der Waals surface area contributed by atoms with Gasteiger partial charge in [-0.2, -0.15) is 0 Å². The van der Waals surface area contributed by atoms with Gasteiger partial charge in [0.05, 0.1) is 0 Å². The highest BCUT2D eigenvalue weighted by molar-refractivity contribution is 7.10. The van der Waals surface area contributed by atoms with E-state index in [0.717, 1.165) is 17.6 Å². The highest BCUT2D eigenvalue weighted by atomic mass is 32.1. The van der Waals surface area contributed by atoms with Gasteiger partial charge in [-0.3, -0.25) is 0 Å². The Bertz CT molecular complexity index is 1060. The first kappa shape index (κ1) is 17.4. The fraction of sp³-hybridized carbons (Fsp3) is 0.333. The number of thiophene rings is 1. The summed E-state index contributed by atoms with van der Waals surface area (Å²) in [7, 11) is 0. The Hall–Kier alpha value is -2.06. The molecule has 0 bridgehead atoms. The van der Waals surface area contributed by atoms with Gasteiger partial charge in [0.1, 0.15) is 11.2 Å². The summed E-state index contributed by atoms with van der Waals surface area (Å²) in [6, 6.07) is 17.7. The maximum absolute atomic E-state index is 6.08. The van der Waals surface area contributed by atoms with Crippen LogP contribution in [0.2, 0.25) is 0 Å². The third-order valence-corrected chi connectivity index (χ3v) is 6.47. The molecule has 0 aliphatic carbocycles. The molecule has 134 valence electrons. The van der Waals surface area contributed by atoms with E-state index in [4.69, 9.17) is 4.42 Å². The fourth-order valence-corrected chi connectivity index (χ4v) is 4.51. The smallest absolute Gasteiger partial charge is 0.135 e. The van der Waals surface area contributed by atoms with Crippen LogP contribution < -0.4 is 0 Å². The van der Waals surface area contributed by atoms with Crippen molar-refractivity contribution in [1.29, 1.82) is 0 Å². The molecule has 0 spiro atoms. The molecule has 4 aromatic rings. The van der Waals surface area contributed by atoms with Crippen LogP contribution in [-0.4, -0.2) is 0 Å². The van der Waals surface area contributed by atoms with Gasteiger partial charge in [-0.25, -0.2) is 0 Å². The Kier molecular flexibility index (Phi) is 4.00. The van der Waals surface area contributed by atoms with Gasteiger partial charge >= 0.3 is 0 Å². The van der Waals surface area contributed by atoms with Crippen LogP contribution in [0.3, 0.4) is 0 Å². The SMILES string of the molecule is CC(C)(C)c1ccc2oc3ccc(CC(C)(C)c4cccs4)cc3c2c1. The number of rotatable bonds is 3. The molecule has 0 amide bonds. The van der Waals surface area contributed by atoms with E-state index < -0.39 is 0 Å². The van der Waals surface area contributed by atoms with Gasteiger partial charge in [0, 0.05) is 21.1 Å². The van der Waals surface area contributed by atoms with Crippen molar-refractivity contribution in [2.24, 2.45) is 0 Å². The van der Waals surface area contributed by atoms with Crippen molar-refractivity contribution in [2.75, 3.05) is 0 Å². The normalized spacial score (nSPS) is 13.0. The maximum atomic E-state index is 6.08. The van der Waals surface area contributed by atoms with Crippen LogP contribution in [0.15, 0.2) is 58.3 Å². The van der Waals surface area contributed by atoms with Gasteiger partial charge < -0.3 is 4.42 Å². The highest BCUT2D eigenvalue weighted by Gasteiger charge is 2.23. The lowest BCUT2D eigenvalue weighted by Gasteiger charge is -2.23. The fourth-order valence-electron chi connectivity index (χ4n) is 3.66. The van der Waals surface area contributed by atoms with Crippen molar-refractivity contribution in [3.05, 3.63) is 69.9 Å². The van der Waals surface area contributed by atoms with E-state index in [2.05, 4.69) is 88.5 Å². The minimum Gasteiger partial charge on any atom is -0.456 e. The first-order chi connectivity index (χ1) is 12.2. The molecule has 26 heavy (non-hydrogen) atoms. The van der Waals surface area contributed by atoms with Crippen LogP contribution in [0.4, 0.5) is 0 Å². The molecule has 0 N–H and O–H groups in total. The van der Waals surface area contributed by atoms with Crippen molar-refractivity contribution in [3.63, 3.8) is 0 Å². The Labute approximate surface area is 159 Å². The number of benzene rings is 2. The lowest BCUT2D eigenvalue weighted by molar-refractivity contribution is 0.534. The second kappa shape index (κ2) is 5.99. The molecule has 0 aliphatic heterocycles. The molecule has 2 heteroatoms. The van der Waals surface area contributed by atoms with Crippen LogP contribution in [0, 0.1) is 0 Å². The van der Waals surface area contributed by atoms with E-state index in [1.165, 1.54) is 26.8 Å². The number of hydrogen-bond donors (Lipinski definition) is 0. The zero-order valence-electron chi connectivity index (χ0n) is 16.2. The van der Waals surface area contributed by atoms with Gasteiger partial charge in [-0.1, -0.05) is 52.8 Å². The summed E-state index contributed by atoms with van der Waals surface area (Å²) in [4.78, 5) is 1.43. The molecule has 1 nitrogen and oxygen atoms in total. The molecule has 0 saturated carbocycles. The predicted molar refractivity (Wildman–Crippen MR) is 113 cm³/mol. The van der Waals surface area contributed by atoms with Crippen molar-refractivity contribution >= 4 is 33.3 Å². The highest BCUT2D eigenvalue weighted by Crippen LogP contribution is 2.36. The molecule has 4 rings (SSSR count). The Morgan fingerprint density at radius 1 is 0.846 bits per heavy atom. The lowest BCUT2D eigenvalue weighted by Crippen LogP contribution is -2.18. The third-order valence-electron chi connectivity index (χ3n) is 5.23. The van der Waals surface area contributed by atoms with E-state index in [-0.39, 0.29) is 10.8 Å². The van der Waals surface area contributed by atoms with E-state index in [1.807, 2.05) is 11.3 Å². The van der Waals surface area contributed by atoms with E-state index in [9.17, 15) is 0 Å². The first-order valence-electron chi connectivity index (χ1n) is 9.24. The van der Waals surface area contributed by atoms with Gasteiger partial charge in [0.15, 0.2) is 0 Å². The number of hydrogen-bond acceptors (Lipinski definition) is 2. The lowest BCUT2D eigenvalue weighted by atomic mass is 9.84. The molecule has 0 radical (unpaired) electrons. The summed E-state index contributed by atoms with van der Waals surface area (Å²) < 4.78 is 6.08. The largest absolute Gasteiger partial charge is 0.456 e. The summed E-state index contributed by atoms with van der Waals surface area (Å²) in [5.41, 5.74) is 4.93. The summed E-state index contributed by atoms with van der Waals surface area (Å²) in [5.74, 6) is 0. The Morgan fingerprint density at radius 2 is 1.54 bits per heavy atom. The molecule has 0 aliphatic rings. The first-order valence-corrected chi connectivity index (χ1v) is 10.1. The standard InChI is InChI=1S/C24H26OS/c1-23(2,3)17-9-11-21-19(14-17)18-13-16(8-10-20(18)25-21)15-24(4,5)22-7-6-12-26-22/h6-14H,15H2,1-5H3. The second-order valence-electron chi connectivity index (χ2n) is 8.93. The van der Waals surface area contributed by atoms with Gasteiger partial charge in [-0.15, -0.1) is 11.3 Å². The molecular weight excluding hydrogens is 336 g/mol. The number of fused-ring (bicyclic) bond motifs is 3. The zero-order valence-corrected chi connectivity index (χ0v) is 17.0. The van der Waals surface area contributed by atoms with Crippen LogP contribution in [-0.2, 0) is 17.3 Å². The molecule has 0 unspecified atom stereocenters. The van der Waals surface area contributed by atoms with Crippen LogP contribution >= 0.6 is 11.3 Å². The van der Waals surface area contributed by atoms with Crippen LogP contribution in [0.5, 0.6) is 0 Å². The summed E-state index contributed by atoms with van der Waals surface area (Å²) in [5, 5.41) is 4.62.